The van der Waals surface area contributed by atoms with Gasteiger partial charge in [0.25, 0.3) is 0 Å². The fourth-order valence-corrected chi connectivity index (χ4v) is 2.44. The van der Waals surface area contributed by atoms with Crippen LogP contribution in [0, 0.1) is 28.6 Å². The summed E-state index contributed by atoms with van der Waals surface area (Å²) >= 11 is 0. The van der Waals surface area contributed by atoms with Crippen molar-refractivity contribution in [3.05, 3.63) is 0 Å². The van der Waals surface area contributed by atoms with Crippen molar-refractivity contribution in [1.82, 2.24) is 0 Å². The van der Waals surface area contributed by atoms with E-state index in [2.05, 4.69) is 26.8 Å². The molecule has 0 unspecified atom stereocenters. The lowest BCUT2D eigenvalue weighted by Crippen LogP contribution is -2.26. The van der Waals surface area contributed by atoms with E-state index < -0.39 is 0 Å². The van der Waals surface area contributed by atoms with Crippen molar-refractivity contribution < 1.29 is 0 Å². The second-order valence-corrected chi connectivity index (χ2v) is 4.74. The Kier molecular flexibility index (Phi) is 2.23. The van der Waals surface area contributed by atoms with Crippen molar-refractivity contribution in [2.24, 2.45) is 17.3 Å². The summed E-state index contributed by atoms with van der Waals surface area (Å²) in [6, 6.07) is 2.39. The van der Waals surface area contributed by atoms with Gasteiger partial charge in [0.2, 0.25) is 0 Å². The molecule has 1 heteroatoms. The standard InChI is InChI=1S/C10H17N/c1-8-4-9(7-11)6-10(2,3)5-8/h8-9H,4-6H2,1-3H3/t8-,9-/m1/s1. The molecule has 1 saturated carbocycles. The second-order valence-electron chi connectivity index (χ2n) is 4.74. The van der Waals surface area contributed by atoms with Crippen LogP contribution in [-0.2, 0) is 0 Å². The Morgan fingerprint density at radius 1 is 1.36 bits per heavy atom. The first-order valence-electron chi connectivity index (χ1n) is 4.43. The summed E-state index contributed by atoms with van der Waals surface area (Å²) in [6.07, 6.45) is 3.49. The van der Waals surface area contributed by atoms with Gasteiger partial charge in [-0.25, -0.2) is 0 Å². The Morgan fingerprint density at radius 3 is 2.45 bits per heavy atom. The molecule has 0 N–H and O–H groups in total. The first-order chi connectivity index (χ1) is 5.03. The van der Waals surface area contributed by atoms with E-state index in [1.165, 1.54) is 6.42 Å². The van der Waals surface area contributed by atoms with E-state index in [4.69, 9.17) is 5.26 Å². The van der Waals surface area contributed by atoms with Crippen LogP contribution >= 0.6 is 0 Å². The molecule has 1 nitrogen and oxygen atoms in total. The highest BCUT2D eigenvalue weighted by Crippen LogP contribution is 2.41. The second kappa shape index (κ2) is 2.85. The van der Waals surface area contributed by atoms with Gasteiger partial charge in [-0.05, 0) is 30.6 Å². The topological polar surface area (TPSA) is 23.8 Å². The SMILES string of the molecule is C[C@@H]1C[C@@H](C#N)CC(C)(C)C1. The van der Waals surface area contributed by atoms with Crippen LogP contribution in [0.2, 0.25) is 0 Å². The molecule has 0 saturated heterocycles. The number of nitrogens with zero attached hydrogens (tertiary/aromatic N) is 1. The van der Waals surface area contributed by atoms with E-state index >= 15 is 0 Å². The third-order valence-corrected chi connectivity index (χ3v) is 2.57. The van der Waals surface area contributed by atoms with E-state index in [9.17, 15) is 0 Å². The van der Waals surface area contributed by atoms with Crippen molar-refractivity contribution in [3.63, 3.8) is 0 Å². The molecule has 0 aliphatic heterocycles. The predicted molar refractivity (Wildman–Crippen MR) is 45.9 cm³/mol. The van der Waals surface area contributed by atoms with Gasteiger partial charge in [-0.2, -0.15) is 5.26 Å². The van der Waals surface area contributed by atoms with Crippen LogP contribution in [-0.4, -0.2) is 0 Å². The van der Waals surface area contributed by atoms with Gasteiger partial charge in [0.1, 0.15) is 0 Å². The monoisotopic (exact) mass is 151 g/mol. The Hall–Kier alpha value is -0.510. The van der Waals surface area contributed by atoms with Gasteiger partial charge in [0.15, 0.2) is 0 Å². The van der Waals surface area contributed by atoms with Crippen LogP contribution in [0.4, 0.5) is 0 Å². The molecule has 2 atom stereocenters. The summed E-state index contributed by atoms with van der Waals surface area (Å²) in [6.45, 7) is 6.80. The molecule has 0 spiro atoms. The molecule has 1 fully saturated rings. The van der Waals surface area contributed by atoms with Crippen molar-refractivity contribution >= 4 is 0 Å². The zero-order valence-electron chi connectivity index (χ0n) is 7.72. The fourth-order valence-electron chi connectivity index (χ4n) is 2.44. The van der Waals surface area contributed by atoms with Crippen LogP contribution in [0.3, 0.4) is 0 Å². The van der Waals surface area contributed by atoms with Crippen molar-refractivity contribution in [2.45, 2.75) is 40.0 Å². The van der Waals surface area contributed by atoms with Gasteiger partial charge in [-0.3, -0.25) is 0 Å². The van der Waals surface area contributed by atoms with Gasteiger partial charge in [0.05, 0.1) is 6.07 Å². The summed E-state index contributed by atoms with van der Waals surface area (Å²) in [4.78, 5) is 0. The molecule has 0 heterocycles. The number of nitriles is 1. The van der Waals surface area contributed by atoms with E-state index in [0.29, 0.717) is 11.3 Å². The molecule has 1 aliphatic carbocycles. The molecule has 1 rings (SSSR count). The Morgan fingerprint density at radius 2 is 2.00 bits per heavy atom. The molecular weight excluding hydrogens is 134 g/mol. The van der Waals surface area contributed by atoms with E-state index in [1.807, 2.05) is 0 Å². The average molecular weight is 151 g/mol. The number of rotatable bonds is 0. The maximum Gasteiger partial charge on any atom is 0.0656 e. The zero-order chi connectivity index (χ0) is 8.48. The quantitative estimate of drug-likeness (QED) is 0.522. The largest absolute Gasteiger partial charge is 0.198 e. The van der Waals surface area contributed by atoms with Crippen molar-refractivity contribution in [1.29, 1.82) is 5.26 Å². The molecule has 11 heavy (non-hydrogen) atoms. The smallest absolute Gasteiger partial charge is 0.0656 e. The molecular formula is C10H17N. The van der Waals surface area contributed by atoms with Gasteiger partial charge in [-0.1, -0.05) is 20.8 Å². The van der Waals surface area contributed by atoms with Crippen LogP contribution < -0.4 is 0 Å². The minimum atomic E-state index is 0.314. The highest BCUT2D eigenvalue weighted by molar-refractivity contribution is 4.92. The molecule has 0 aromatic carbocycles. The predicted octanol–water partition coefficient (Wildman–Crippen LogP) is 2.97. The highest BCUT2D eigenvalue weighted by Gasteiger charge is 2.31. The summed E-state index contributed by atoms with van der Waals surface area (Å²) in [5.74, 6) is 1.05. The van der Waals surface area contributed by atoms with E-state index in [0.717, 1.165) is 18.8 Å². The summed E-state index contributed by atoms with van der Waals surface area (Å²) < 4.78 is 0. The molecule has 62 valence electrons. The molecule has 0 aromatic heterocycles. The summed E-state index contributed by atoms with van der Waals surface area (Å²) in [5.41, 5.74) is 0.401. The Balaban J connectivity index is 2.60. The number of hydrogen-bond acceptors (Lipinski definition) is 1. The lowest BCUT2D eigenvalue weighted by atomic mass is 9.68. The third kappa shape index (κ3) is 2.22. The van der Waals surface area contributed by atoms with Gasteiger partial charge >= 0.3 is 0 Å². The highest BCUT2D eigenvalue weighted by atomic mass is 14.4. The average Bonchev–Trinajstić information content (AvgIpc) is 1.83. The molecule has 0 bridgehead atoms. The minimum Gasteiger partial charge on any atom is -0.198 e. The lowest BCUT2D eigenvalue weighted by molar-refractivity contribution is 0.159. The first kappa shape index (κ1) is 8.59. The lowest BCUT2D eigenvalue weighted by Gasteiger charge is -2.36. The van der Waals surface area contributed by atoms with Crippen LogP contribution in [0.5, 0.6) is 0 Å². The maximum absolute atomic E-state index is 8.79. The molecule has 0 aromatic rings. The van der Waals surface area contributed by atoms with Crippen LogP contribution in [0.15, 0.2) is 0 Å². The summed E-state index contributed by atoms with van der Waals surface area (Å²) in [5, 5.41) is 8.79. The van der Waals surface area contributed by atoms with Gasteiger partial charge in [0, 0.05) is 5.92 Å². The van der Waals surface area contributed by atoms with Crippen LogP contribution in [0.1, 0.15) is 40.0 Å². The van der Waals surface area contributed by atoms with Gasteiger partial charge in [-0.15, -0.1) is 0 Å². The Bertz CT molecular complexity index is 176. The van der Waals surface area contributed by atoms with Crippen molar-refractivity contribution in [2.75, 3.05) is 0 Å². The molecule has 0 amide bonds. The number of hydrogen-bond donors (Lipinski definition) is 0. The zero-order valence-corrected chi connectivity index (χ0v) is 7.72. The first-order valence-corrected chi connectivity index (χ1v) is 4.43. The van der Waals surface area contributed by atoms with E-state index in [-0.39, 0.29) is 0 Å². The van der Waals surface area contributed by atoms with Crippen LogP contribution in [0.25, 0.3) is 0 Å². The molecule has 1 aliphatic rings. The Labute approximate surface area is 69.4 Å². The fraction of sp³-hybridized carbons (Fsp3) is 0.900. The minimum absolute atomic E-state index is 0.314. The molecule has 0 radical (unpaired) electrons. The van der Waals surface area contributed by atoms with Gasteiger partial charge < -0.3 is 0 Å². The van der Waals surface area contributed by atoms with Crippen molar-refractivity contribution in [3.8, 4) is 6.07 Å². The normalized spacial score (nSPS) is 36.2. The third-order valence-electron chi connectivity index (χ3n) is 2.57. The maximum atomic E-state index is 8.79. The van der Waals surface area contributed by atoms with E-state index in [1.54, 1.807) is 0 Å². The summed E-state index contributed by atoms with van der Waals surface area (Å²) in [7, 11) is 0.